The molecule has 3 rings (SSSR count). The molecule has 2 aromatic heterocycles. The Morgan fingerprint density at radius 3 is 2.76 bits per heavy atom. The number of esters is 1. The number of nitrogens with one attached hydrogen (secondary N) is 1. The SMILES string of the molecule is CCOC(=O)c1cc(S(=O)(=O)c2cc(C)c3[nH]ncc3c2)c(Cl)n1C. The summed E-state index contributed by atoms with van der Waals surface area (Å²) in [4.78, 5) is 11.9. The lowest BCUT2D eigenvalue weighted by Crippen LogP contribution is -2.09. The number of halogens is 1. The standard InChI is InChI=1S/C16H16ClN3O4S/c1-4-24-16(21)12-7-13(15(17)20(12)3)25(22,23)11-5-9(2)14-10(6-11)8-18-19-14/h5-8H,4H2,1-3H3,(H,18,19). The van der Waals surface area contributed by atoms with Crippen molar-refractivity contribution < 1.29 is 17.9 Å². The number of sulfone groups is 1. The van der Waals surface area contributed by atoms with E-state index in [1.165, 1.54) is 23.7 Å². The number of benzene rings is 1. The van der Waals surface area contributed by atoms with E-state index in [0.29, 0.717) is 5.39 Å². The van der Waals surface area contributed by atoms with E-state index in [0.717, 1.165) is 11.1 Å². The summed E-state index contributed by atoms with van der Waals surface area (Å²) < 4.78 is 32.3. The molecule has 1 N–H and O–H groups in total. The molecule has 0 bridgehead atoms. The van der Waals surface area contributed by atoms with Crippen LogP contribution in [0.5, 0.6) is 0 Å². The summed E-state index contributed by atoms with van der Waals surface area (Å²) in [5, 5.41) is 7.38. The Hall–Kier alpha value is -2.32. The first-order chi connectivity index (χ1) is 11.8. The molecule has 0 amide bonds. The fraction of sp³-hybridized carbons (Fsp3) is 0.250. The average molecular weight is 382 g/mol. The van der Waals surface area contributed by atoms with Gasteiger partial charge >= 0.3 is 5.97 Å². The molecule has 0 saturated carbocycles. The number of H-pyrrole nitrogens is 1. The number of hydrogen-bond donors (Lipinski definition) is 1. The van der Waals surface area contributed by atoms with Gasteiger partial charge in [-0.2, -0.15) is 5.10 Å². The molecule has 132 valence electrons. The van der Waals surface area contributed by atoms with Crippen molar-refractivity contribution in [2.75, 3.05) is 6.61 Å². The van der Waals surface area contributed by atoms with E-state index in [1.807, 2.05) is 0 Å². The zero-order valence-electron chi connectivity index (χ0n) is 13.8. The summed E-state index contributed by atoms with van der Waals surface area (Å²) in [7, 11) is -2.40. The van der Waals surface area contributed by atoms with Crippen molar-refractivity contribution in [2.45, 2.75) is 23.6 Å². The minimum absolute atomic E-state index is 0.0482. The largest absolute Gasteiger partial charge is 0.461 e. The Bertz CT molecular complexity index is 1080. The van der Waals surface area contributed by atoms with Gasteiger partial charge in [0.15, 0.2) is 0 Å². The predicted molar refractivity (Wildman–Crippen MR) is 92.7 cm³/mol. The molecule has 7 nitrogen and oxygen atoms in total. The molecule has 9 heteroatoms. The van der Waals surface area contributed by atoms with Crippen LogP contribution in [0.3, 0.4) is 0 Å². The maximum absolute atomic E-state index is 13.0. The normalized spacial score (nSPS) is 11.8. The van der Waals surface area contributed by atoms with Gasteiger partial charge in [-0.25, -0.2) is 13.2 Å². The number of carbonyl (C=O) groups is 1. The number of ether oxygens (including phenoxy) is 1. The van der Waals surface area contributed by atoms with Crippen LogP contribution in [0.1, 0.15) is 23.0 Å². The third kappa shape index (κ3) is 2.81. The lowest BCUT2D eigenvalue weighted by atomic mass is 10.2. The van der Waals surface area contributed by atoms with Gasteiger partial charge in [0.25, 0.3) is 0 Å². The van der Waals surface area contributed by atoms with E-state index in [-0.39, 0.29) is 27.2 Å². The lowest BCUT2D eigenvalue weighted by molar-refractivity contribution is 0.0515. The Morgan fingerprint density at radius 2 is 2.08 bits per heavy atom. The van der Waals surface area contributed by atoms with Crippen molar-refractivity contribution >= 4 is 38.3 Å². The number of hydrogen-bond acceptors (Lipinski definition) is 5. The van der Waals surface area contributed by atoms with Gasteiger partial charge in [0.05, 0.1) is 23.2 Å². The average Bonchev–Trinajstić information content (AvgIpc) is 3.14. The quantitative estimate of drug-likeness (QED) is 0.701. The fourth-order valence-electron chi connectivity index (χ4n) is 2.62. The number of fused-ring (bicyclic) bond motifs is 1. The van der Waals surface area contributed by atoms with Crippen LogP contribution in [0, 0.1) is 6.92 Å². The van der Waals surface area contributed by atoms with E-state index >= 15 is 0 Å². The predicted octanol–water partition coefficient (Wildman–Crippen LogP) is 2.87. The highest BCUT2D eigenvalue weighted by molar-refractivity contribution is 7.91. The lowest BCUT2D eigenvalue weighted by Gasteiger charge is -2.06. The van der Waals surface area contributed by atoms with Crippen molar-refractivity contribution in [1.29, 1.82) is 0 Å². The van der Waals surface area contributed by atoms with Crippen LogP contribution in [0.25, 0.3) is 10.9 Å². The first-order valence-electron chi connectivity index (χ1n) is 7.48. The second-order valence-electron chi connectivity index (χ2n) is 5.54. The van der Waals surface area contributed by atoms with E-state index in [2.05, 4.69) is 10.2 Å². The van der Waals surface area contributed by atoms with Crippen molar-refractivity contribution in [3.8, 4) is 0 Å². The molecule has 25 heavy (non-hydrogen) atoms. The number of aromatic amines is 1. The second kappa shape index (κ2) is 6.20. The molecule has 0 spiro atoms. The summed E-state index contributed by atoms with van der Waals surface area (Å²) >= 11 is 6.19. The number of aryl methyl sites for hydroxylation is 1. The van der Waals surface area contributed by atoms with E-state index < -0.39 is 15.8 Å². The highest BCUT2D eigenvalue weighted by Crippen LogP contribution is 2.32. The van der Waals surface area contributed by atoms with Crippen LogP contribution in [-0.2, 0) is 21.6 Å². The van der Waals surface area contributed by atoms with Gasteiger partial charge in [0, 0.05) is 12.4 Å². The minimum Gasteiger partial charge on any atom is -0.461 e. The van der Waals surface area contributed by atoms with E-state index in [9.17, 15) is 13.2 Å². The Labute approximate surface area is 149 Å². The Balaban J connectivity index is 2.16. The fourth-order valence-corrected chi connectivity index (χ4v) is 4.57. The molecule has 0 aliphatic heterocycles. The highest BCUT2D eigenvalue weighted by atomic mass is 35.5. The molecule has 0 aliphatic rings. The first-order valence-corrected chi connectivity index (χ1v) is 9.34. The molecule has 0 unspecified atom stereocenters. The topological polar surface area (TPSA) is 94.1 Å². The molecule has 0 aliphatic carbocycles. The number of rotatable bonds is 4. The molecule has 2 heterocycles. The Morgan fingerprint density at radius 1 is 1.36 bits per heavy atom. The smallest absolute Gasteiger partial charge is 0.355 e. The van der Waals surface area contributed by atoms with Crippen LogP contribution < -0.4 is 0 Å². The molecule has 0 fully saturated rings. The van der Waals surface area contributed by atoms with Gasteiger partial charge in [0.2, 0.25) is 9.84 Å². The van der Waals surface area contributed by atoms with Crippen LogP contribution in [0.2, 0.25) is 5.15 Å². The zero-order valence-corrected chi connectivity index (χ0v) is 15.4. The highest BCUT2D eigenvalue weighted by Gasteiger charge is 2.28. The number of carbonyl (C=O) groups excluding carboxylic acids is 1. The van der Waals surface area contributed by atoms with Gasteiger partial charge in [-0.05, 0) is 37.6 Å². The molecule has 0 radical (unpaired) electrons. The van der Waals surface area contributed by atoms with Crippen LogP contribution in [0.4, 0.5) is 0 Å². The minimum atomic E-state index is -3.91. The molecular weight excluding hydrogens is 366 g/mol. The van der Waals surface area contributed by atoms with Crippen LogP contribution >= 0.6 is 11.6 Å². The molecule has 3 aromatic rings. The monoisotopic (exact) mass is 381 g/mol. The summed E-state index contributed by atoms with van der Waals surface area (Å²) in [6.45, 7) is 3.64. The van der Waals surface area contributed by atoms with Crippen molar-refractivity contribution in [3.63, 3.8) is 0 Å². The Kier molecular flexibility index (Phi) is 4.34. The molecule has 0 atom stereocenters. The van der Waals surface area contributed by atoms with Gasteiger partial charge in [0.1, 0.15) is 15.7 Å². The molecular formula is C16H16ClN3O4S. The van der Waals surface area contributed by atoms with Crippen molar-refractivity contribution in [3.05, 3.63) is 40.8 Å². The summed E-state index contributed by atoms with van der Waals surface area (Å²) in [6.07, 6.45) is 1.55. The van der Waals surface area contributed by atoms with Gasteiger partial charge in [-0.3, -0.25) is 5.10 Å². The maximum Gasteiger partial charge on any atom is 0.355 e. The second-order valence-corrected chi connectivity index (χ2v) is 7.82. The summed E-state index contributed by atoms with van der Waals surface area (Å²) in [6, 6.07) is 4.31. The summed E-state index contributed by atoms with van der Waals surface area (Å²) in [5.41, 5.74) is 1.59. The number of nitrogens with zero attached hydrogens (tertiary/aromatic N) is 2. The maximum atomic E-state index is 13.0. The third-order valence-electron chi connectivity index (χ3n) is 3.93. The van der Waals surface area contributed by atoms with Gasteiger partial charge in [-0.15, -0.1) is 0 Å². The van der Waals surface area contributed by atoms with Gasteiger partial charge < -0.3 is 9.30 Å². The zero-order chi connectivity index (χ0) is 18.4. The van der Waals surface area contributed by atoms with E-state index in [1.54, 1.807) is 26.1 Å². The summed E-state index contributed by atoms with van der Waals surface area (Å²) in [5.74, 6) is -0.630. The van der Waals surface area contributed by atoms with Crippen LogP contribution in [0.15, 0.2) is 34.2 Å². The molecule has 1 aromatic carbocycles. The number of aromatic nitrogens is 3. The van der Waals surface area contributed by atoms with E-state index in [4.69, 9.17) is 16.3 Å². The molecule has 0 saturated heterocycles. The first kappa shape index (κ1) is 17.5. The van der Waals surface area contributed by atoms with Crippen molar-refractivity contribution in [1.82, 2.24) is 14.8 Å². The van der Waals surface area contributed by atoms with Gasteiger partial charge in [-0.1, -0.05) is 11.6 Å². The van der Waals surface area contributed by atoms with Crippen molar-refractivity contribution in [2.24, 2.45) is 7.05 Å². The van der Waals surface area contributed by atoms with Crippen LogP contribution in [-0.4, -0.2) is 35.8 Å². The third-order valence-corrected chi connectivity index (χ3v) is 6.25.